The topological polar surface area (TPSA) is 34.1 Å². The molecular weight excluding hydrogens is 196 g/mol. The largest absolute Gasteiger partial charge is 0.381 e. The summed E-state index contributed by atoms with van der Waals surface area (Å²) < 4.78 is 5.31. The lowest BCUT2D eigenvalue weighted by Gasteiger charge is -2.07. The van der Waals surface area contributed by atoms with E-state index in [1.165, 1.54) is 11.4 Å². The summed E-state index contributed by atoms with van der Waals surface area (Å²) in [5.41, 5.74) is 1.12. The van der Waals surface area contributed by atoms with Crippen molar-refractivity contribution in [2.45, 2.75) is 19.9 Å². The Morgan fingerprint density at radius 2 is 2.64 bits per heavy atom. The highest BCUT2D eigenvalue weighted by Crippen LogP contribution is 2.12. The average Bonchev–Trinajstić information content (AvgIpc) is 2.77. The fraction of sp³-hybridized carbons (Fsp3) is 0.700. The Kier molecular flexibility index (Phi) is 3.50. The van der Waals surface area contributed by atoms with Crippen LogP contribution in [0.2, 0.25) is 0 Å². The molecule has 1 aromatic rings. The first-order valence-electron chi connectivity index (χ1n) is 5.04. The second-order valence-corrected chi connectivity index (χ2v) is 4.69. The predicted molar refractivity (Wildman–Crippen MR) is 57.5 cm³/mol. The molecule has 1 atom stereocenters. The number of nitrogens with zero attached hydrogens (tertiary/aromatic N) is 1. The maximum atomic E-state index is 5.31. The van der Waals surface area contributed by atoms with Crippen LogP contribution in [0.15, 0.2) is 5.38 Å². The molecule has 3 nitrogen and oxygen atoms in total. The molecule has 0 saturated carbocycles. The van der Waals surface area contributed by atoms with Crippen molar-refractivity contribution in [3.8, 4) is 0 Å². The lowest BCUT2D eigenvalue weighted by Crippen LogP contribution is -2.22. The van der Waals surface area contributed by atoms with E-state index in [9.17, 15) is 0 Å². The van der Waals surface area contributed by atoms with Gasteiger partial charge in [0.15, 0.2) is 0 Å². The minimum atomic E-state index is 0.705. The van der Waals surface area contributed by atoms with E-state index in [1.807, 2.05) is 6.92 Å². The maximum Gasteiger partial charge on any atom is 0.107 e. The highest BCUT2D eigenvalue weighted by molar-refractivity contribution is 7.09. The third kappa shape index (κ3) is 2.77. The molecule has 0 aliphatic carbocycles. The molecule has 1 saturated heterocycles. The van der Waals surface area contributed by atoms with Crippen LogP contribution in [-0.2, 0) is 11.3 Å². The first-order chi connectivity index (χ1) is 6.84. The molecular formula is C10H16N2OS. The highest BCUT2D eigenvalue weighted by atomic mass is 32.1. The molecule has 1 aromatic heterocycles. The van der Waals surface area contributed by atoms with E-state index in [0.717, 1.165) is 32.0 Å². The molecule has 0 spiro atoms. The summed E-state index contributed by atoms with van der Waals surface area (Å²) in [5, 5.41) is 6.70. The third-order valence-corrected chi connectivity index (χ3v) is 3.37. The monoisotopic (exact) mass is 212 g/mol. The van der Waals surface area contributed by atoms with Crippen LogP contribution in [0.3, 0.4) is 0 Å². The third-order valence-electron chi connectivity index (χ3n) is 2.40. The lowest BCUT2D eigenvalue weighted by molar-refractivity contribution is 0.185. The summed E-state index contributed by atoms with van der Waals surface area (Å²) in [6.07, 6.45) is 1.20. The maximum absolute atomic E-state index is 5.31. The fourth-order valence-electron chi connectivity index (χ4n) is 1.61. The van der Waals surface area contributed by atoms with Gasteiger partial charge in [-0.2, -0.15) is 0 Å². The van der Waals surface area contributed by atoms with Crippen molar-refractivity contribution in [1.29, 1.82) is 0 Å². The minimum Gasteiger partial charge on any atom is -0.381 e. The van der Waals surface area contributed by atoms with Crippen LogP contribution in [0.5, 0.6) is 0 Å². The van der Waals surface area contributed by atoms with Crippen LogP contribution in [-0.4, -0.2) is 24.7 Å². The normalized spacial score (nSPS) is 21.6. The summed E-state index contributed by atoms with van der Waals surface area (Å²) in [7, 11) is 0. The molecule has 0 amide bonds. The van der Waals surface area contributed by atoms with Crippen LogP contribution >= 0.6 is 11.3 Å². The molecule has 0 bridgehead atoms. The van der Waals surface area contributed by atoms with Gasteiger partial charge in [-0.25, -0.2) is 4.98 Å². The van der Waals surface area contributed by atoms with Gasteiger partial charge in [-0.05, 0) is 19.3 Å². The van der Waals surface area contributed by atoms with Gasteiger partial charge < -0.3 is 10.1 Å². The second-order valence-electron chi connectivity index (χ2n) is 3.74. The van der Waals surface area contributed by atoms with Crippen molar-refractivity contribution >= 4 is 11.3 Å². The molecule has 1 N–H and O–H groups in total. The van der Waals surface area contributed by atoms with Gasteiger partial charge >= 0.3 is 0 Å². The Hall–Kier alpha value is -0.450. The van der Waals surface area contributed by atoms with Gasteiger partial charge in [-0.15, -0.1) is 11.3 Å². The van der Waals surface area contributed by atoms with Crippen LogP contribution in [0.25, 0.3) is 0 Å². The van der Waals surface area contributed by atoms with E-state index in [4.69, 9.17) is 4.74 Å². The van der Waals surface area contributed by atoms with Crippen LogP contribution in [0, 0.1) is 12.8 Å². The van der Waals surface area contributed by atoms with Gasteiger partial charge in [0.2, 0.25) is 0 Å². The van der Waals surface area contributed by atoms with E-state index >= 15 is 0 Å². The standard InChI is InChI=1S/C10H16N2OS/c1-8-7-14-10(12-8)5-11-4-9-2-3-13-6-9/h7,9,11H,2-6H2,1H3. The van der Waals surface area contributed by atoms with Crippen LogP contribution in [0.4, 0.5) is 0 Å². The Balaban J connectivity index is 1.67. The number of aryl methyl sites for hydroxylation is 1. The molecule has 1 unspecified atom stereocenters. The van der Waals surface area contributed by atoms with Crippen molar-refractivity contribution < 1.29 is 4.74 Å². The van der Waals surface area contributed by atoms with Gasteiger partial charge in [-0.1, -0.05) is 0 Å². The summed E-state index contributed by atoms with van der Waals surface area (Å²) >= 11 is 1.73. The Morgan fingerprint density at radius 1 is 1.71 bits per heavy atom. The molecule has 14 heavy (non-hydrogen) atoms. The Labute approximate surface area is 88.5 Å². The summed E-state index contributed by atoms with van der Waals surface area (Å²) in [5.74, 6) is 0.705. The summed E-state index contributed by atoms with van der Waals surface area (Å²) in [6, 6.07) is 0. The van der Waals surface area contributed by atoms with Gasteiger partial charge in [-0.3, -0.25) is 0 Å². The van der Waals surface area contributed by atoms with Gasteiger partial charge in [0.25, 0.3) is 0 Å². The lowest BCUT2D eigenvalue weighted by atomic mass is 10.1. The zero-order valence-electron chi connectivity index (χ0n) is 8.45. The van der Waals surface area contributed by atoms with Gasteiger partial charge in [0.1, 0.15) is 5.01 Å². The fourth-order valence-corrected chi connectivity index (χ4v) is 2.35. The van der Waals surface area contributed by atoms with Crippen molar-refractivity contribution in [3.05, 3.63) is 16.1 Å². The van der Waals surface area contributed by atoms with E-state index in [1.54, 1.807) is 11.3 Å². The van der Waals surface area contributed by atoms with Crippen molar-refractivity contribution in [3.63, 3.8) is 0 Å². The molecule has 4 heteroatoms. The quantitative estimate of drug-likeness (QED) is 0.822. The van der Waals surface area contributed by atoms with Crippen molar-refractivity contribution in [2.75, 3.05) is 19.8 Å². The van der Waals surface area contributed by atoms with Crippen molar-refractivity contribution in [1.82, 2.24) is 10.3 Å². The summed E-state index contributed by atoms with van der Waals surface area (Å²) in [4.78, 5) is 4.40. The Bertz CT molecular complexity index is 281. The number of nitrogens with one attached hydrogen (secondary N) is 1. The molecule has 1 aliphatic rings. The first kappa shape index (κ1) is 10.1. The van der Waals surface area contributed by atoms with E-state index < -0.39 is 0 Å². The molecule has 2 rings (SSSR count). The molecule has 0 radical (unpaired) electrons. The number of thiazole rings is 1. The van der Waals surface area contributed by atoms with Gasteiger partial charge in [0, 0.05) is 30.8 Å². The number of hydrogen-bond donors (Lipinski definition) is 1. The number of rotatable bonds is 4. The second kappa shape index (κ2) is 4.87. The zero-order chi connectivity index (χ0) is 9.80. The van der Waals surface area contributed by atoms with E-state index in [0.29, 0.717) is 5.92 Å². The number of aromatic nitrogens is 1. The highest BCUT2D eigenvalue weighted by Gasteiger charge is 2.14. The Morgan fingerprint density at radius 3 is 3.29 bits per heavy atom. The van der Waals surface area contributed by atoms with E-state index in [2.05, 4.69) is 15.7 Å². The summed E-state index contributed by atoms with van der Waals surface area (Å²) in [6.45, 7) is 5.84. The van der Waals surface area contributed by atoms with Crippen LogP contribution in [0.1, 0.15) is 17.1 Å². The molecule has 2 heterocycles. The SMILES string of the molecule is Cc1csc(CNCC2CCOC2)n1. The smallest absolute Gasteiger partial charge is 0.107 e. The first-order valence-corrected chi connectivity index (χ1v) is 5.92. The predicted octanol–water partition coefficient (Wildman–Crippen LogP) is 1.58. The minimum absolute atomic E-state index is 0.705. The van der Waals surface area contributed by atoms with E-state index in [-0.39, 0.29) is 0 Å². The molecule has 1 fully saturated rings. The average molecular weight is 212 g/mol. The zero-order valence-corrected chi connectivity index (χ0v) is 9.27. The molecule has 78 valence electrons. The van der Waals surface area contributed by atoms with Crippen LogP contribution < -0.4 is 5.32 Å². The number of ether oxygens (including phenoxy) is 1. The molecule has 0 aromatic carbocycles. The van der Waals surface area contributed by atoms with Gasteiger partial charge in [0.05, 0.1) is 6.61 Å². The molecule has 1 aliphatic heterocycles. The van der Waals surface area contributed by atoms with Crippen molar-refractivity contribution in [2.24, 2.45) is 5.92 Å². The number of hydrogen-bond acceptors (Lipinski definition) is 4.